The summed E-state index contributed by atoms with van der Waals surface area (Å²) >= 11 is 0. The molecule has 3 saturated heterocycles. The van der Waals surface area contributed by atoms with Gasteiger partial charge in [0.1, 0.15) is 5.75 Å². The quantitative estimate of drug-likeness (QED) is 0.643. The van der Waals surface area contributed by atoms with Crippen LogP contribution in [0.3, 0.4) is 0 Å². The van der Waals surface area contributed by atoms with Crippen molar-refractivity contribution in [2.75, 3.05) is 44.7 Å². The number of likely N-dealkylation sites (tertiary alicyclic amines) is 2. The van der Waals surface area contributed by atoms with Crippen molar-refractivity contribution in [2.45, 2.75) is 52.0 Å². The van der Waals surface area contributed by atoms with Gasteiger partial charge in [-0.05, 0) is 49.3 Å². The zero-order valence-corrected chi connectivity index (χ0v) is 18.6. The molecule has 1 aromatic carbocycles. The predicted octanol–water partition coefficient (Wildman–Crippen LogP) is 3.16. The second kappa shape index (κ2) is 8.58. The molecule has 4 rings (SSSR count). The van der Waals surface area contributed by atoms with Crippen molar-refractivity contribution in [1.29, 1.82) is 0 Å². The maximum Gasteiger partial charge on any atom is 0.229 e. The lowest BCUT2D eigenvalue weighted by atomic mass is 9.77. The monoisotopic (exact) mass is 413 g/mol. The third kappa shape index (κ3) is 4.20. The fourth-order valence-corrected chi connectivity index (χ4v) is 5.48. The Bertz CT molecular complexity index is 778. The molecule has 6 nitrogen and oxygen atoms in total. The molecule has 0 aromatic heterocycles. The maximum absolute atomic E-state index is 12.5. The van der Waals surface area contributed by atoms with Crippen molar-refractivity contribution in [3.63, 3.8) is 0 Å². The van der Waals surface area contributed by atoms with E-state index in [2.05, 4.69) is 35.8 Å². The Morgan fingerprint density at radius 3 is 2.50 bits per heavy atom. The molecule has 0 unspecified atom stereocenters. The molecule has 2 bridgehead atoms. The van der Waals surface area contributed by atoms with E-state index in [4.69, 9.17) is 4.74 Å². The van der Waals surface area contributed by atoms with Gasteiger partial charge in [-0.15, -0.1) is 0 Å². The van der Waals surface area contributed by atoms with Gasteiger partial charge in [-0.1, -0.05) is 26.0 Å². The Balaban J connectivity index is 1.31. The Morgan fingerprint density at radius 1 is 1.07 bits per heavy atom. The number of amides is 2. The van der Waals surface area contributed by atoms with Crippen LogP contribution in [0.25, 0.3) is 0 Å². The lowest BCUT2D eigenvalue weighted by Crippen LogP contribution is -2.48. The number of imide groups is 1. The average Bonchev–Trinajstić information content (AvgIpc) is 3.03. The summed E-state index contributed by atoms with van der Waals surface area (Å²) in [7, 11) is 1.74. The van der Waals surface area contributed by atoms with Crippen molar-refractivity contribution in [1.82, 2.24) is 9.80 Å². The van der Waals surface area contributed by atoms with E-state index in [-0.39, 0.29) is 17.2 Å². The highest BCUT2D eigenvalue weighted by Gasteiger charge is 2.40. The molecule has 1 aromatic rings. The Labute approximate surface area is 180 Å². The summed E-state index contributed by atoms with van der Waals surface area (Å²) < 4.78 is 5.58. The highest BCUT2D eigenvalue weighted by Crippen LogP contribution is 2.38. The van der Waals surface area contributed by atoms with Gasteiger partial charge in [0.05, 0.1) is 12.8 Å². The summed E-state index contributed by atoms with van der Waals surface area (Å²) in [6.07, 6.45) is 3.95. The van der Waals surface area contributed by atoms with Gasteiger partial charge in [0.2, 0.25) is 11.8 Å². The number of hydrogen-bond acceptors (Lipinski definition) is 5. The number of anilines is 1. The first-order chi connectivity index (χ1) is 14.4. The Morgan fingerprint density at radius 2 is 1.80 bits per heavy atom. The minimum atomic E-state index is -0.154. The van der Waals surface area contributed by atoms with Crippen LogP contribution in [0.1, 0.15) is 46.0 Å². The number of methoxy groups -OCH3 is 1. The van der Waals surface area contributed by atoms with Crippen LogP contribution in [-0.4, -0.2) is 67.5 Å². The topological polar surface area (TPSA) is 53.1 Å². The van der Waals surface area contributed by atoms with Crippen molar-refractivity contribution in [3.8, 4) is 5.75 Å². The van der Waals surface area contributed by atoms with E-state index < -0.39 is 0 Å². The number of para-hydroxylation sites is 2. The largest absolute Gasteiger partial charge is 0.495 e. The molecule has 0 aliphatic carbocycles. The smallest absolute Gasteiger partial charge is 0.229 e. The third-order valence-electron chi connectivity index (χ3n) is 7.35. The highest BCUT2D eigenvalue weighted by molar-refractivity contribution is 5.98. The second-order valence-corrected chi connectivity index (χ2v) is 9.65. The first-order valence-corrected chi connectivity index (χ1v) is 11.4. The molecule has 30 heavy (non-hydrogen) atoms. The molecule has 0 saturated carbocycles. The molecule has 0 radical (unpaired) electrons. The van der Waals surface area contributed by atoms with Crippen LogP contribution in [0.15, 0.2) is 24.3 Å². The van der Waals surface area contributed by atoms with Gasteiger partial charge in [-0.3, -0.25) is 14.5 Å². The summed E-state index contributed by atoms with van der Waals surface area (Å²) in [5, 5.41) is 0. The molecule has 2 atom stereocenters. The second-order valence-electron chi connectivity index (χ2n) is 9.65. The van der Waals surface area contributed by atoms with Crippen molar-refractivity contribution in [2.24, 2.45) is 11.3 Å². The van der Waals surface area contributed by atoms with Gasteiger partial charge in [-0.2, -0.15) is 0 Å². The first kappa shape index (κ1) is 21.2. The minimum Gasteiger partial charge on any atom is -0.495 e. The van der Waals surface area contributed by atoms with Gasteiger partial charge >= 0.3 is 0 Å². The van der Waals surface area contributed by atoms with Gasteiger partial charge in [0, 0.05) is 45.1 Å². The molecule has 3 heterocycles. The molecule has 6 heteroatoms. The molecular weight excluding hydrogens is 378 g/mol. The van der Waals surface area contributed by atoms with E-state index in [1.807, 2.05) is 12.1 Å². The van der Waals surface area contributed by atoms with Crippen molar-refractivity contribution >= 4 is 17.5 Å². The highest BCUT2D eigenvalue weighted by atomic mass is 16.5. The Hall–Kier alpha value is -2.08. The fraction of sp³-hybridized carbons (Fsp3) is 0.667. The molecule has 3 aliphatic heterocycles. The van der Waals surface area contributed by atoms with Crippen molar-refractivity contribution < 1.29 is 14.3 Å². The summed E-state index contributed by atoms with van der Waals surface area (Å²) in [6, 6.07) is 8.79. The molecule has 3 aliphatic rings. The number of hydrogen-bond donors (Lipinski definition) is 0. The number of carbonyl (C=O) groups is 2. The number of ether oxygens (including phenoxy) is 1. The van der Waals surface area contributed by atoms with Crippen LogP contribution in [0.5, 0.6) is 5.75 Å². The van der Waals surface area contributed by atoms with Crippen LogP contribution in [0, 0.1) is 11.3 Å². The van der Waals surface area contributed by atoms with Crippen LogP contribution < -0.4 is 9.64 Å². The SMILES string of the molecule is CCC1(C)CC(=O)N(CCCN2C[C@@H]3C[C@H](C2)N(c2ccccc2OC)C3)C(=O)C1. The summed E-state index contributed by atoms with van der Waals surface area (Å²) in [5.41, 5.74) is 1.04. The average molecular weight is 414 g/mol. The van der Waals surface area contributed by atoms with E-state index in [1.165, 1.54) is 17.0 Å². The molecule has 2 amide bonds. The zero-order chi connectivity index (χ0) is 21.3. The maximum atomic E-state index is 12.5. The van der Waals surface area contributed by atoms with Gasteiger partial charge < -0.3 is 14.5 Å². The number of benzene rings is 1. The van der Waals surface area contributed by atoms with Crippen LogP contribution >= 0.6 is 0 Å². The summed E-state index contributed by atoms with van der Waals surface area (Å²) in [4.78, 5) is 31.6. The summed E-state index contributed by atoms with van der Waals surface area (Å²) in [5.74, 6) is 1.63. The predicted molar refractivity (Wildman–Crippen MR) is 118 cm³/mol. The van der Waals surface area contributed by atoms with Gasteiger partial charge in [0.25, 0.3) is 0 Å². The lowest BCUT2D eigenvalue weighted by Gasteiger charge is -2.37. The van der Waals surface area contributed by atoms with Gasteiger partial charge in [0.15, 0.2) is 0 Å². The van der Waals surface area contributed by atoms with Crippen molar-refractivity contribution in [3.05, 3.63) is 24.3 Å². The normalized spacial score (nSPS) is 26.4. The lowest BCUT2D eigenvalue weighted by molar-refractivity contribution is -0.153. The Kier molecular flexibility index (Phi) is 6.05. The molecule has 3 fully saturated rings. The van der Waals surface area contributed by atoms with Crippen LogP contribution in [0.2, 0.25) is 0 Å². The van der Waals surface area contributed by atoms with E-state index in [0.29, 0.717) is 31.3 Å². The van der Waals surface area contributed by atoms with E-state index in [1.54, 1.807) is 7.11 Å². The molecule has 0 spiro atoms. The number of fused-ring (bicyclic) bond motifs is 2. The molecule has 164 valence electrons. The molecular formula is C24H35N3O3. The summed E-state index contributed by atoms with van der Waals surface area (Å²) in [6.45, 7) is 8.81. The van der Waals surface area contributed by atoms with Crippen LogP contribution in [0.4, 0.5) is 5.69 Å². The number of carbonyl (C=O) groups excluding carboxylic acids is 2. The van der Waals surface area contributed by atoms with Crippen LogP contribution in [-0.2, 0) is 9.59 Å². The third-order valence-corrected chi connectivity index (χ3v) is 7.35. The first-order valence-electron chi connectivity index (χ1n) is 11.4. The fourth-order valence-electron chi connectivity index (χ4n) is 5.48. The van der Waals surface area contributed by atoms with E-state index in [9.17, 15) is 9.59 Å². The molecule has 0 N–H and O–H groups in total. The van der Waals surface area contributed by atoms with Gasteiger partial charge in [-0.25, -0.2) is 0 Å². The number of rotatable bonds is 7. The van der Waals surface area contributed by atoms with E-state index >= 15 is 0 Å². The number of nitrogens with zero attached hydrogens (tertiary/aromatic N) is 3. The number of piperidine rings is 2. The van der Waals surface area contributed by atoms with E-state index in [0.717, 1.165) is 44.8 Å². The standard InChI is InChI=1S/C24H35N3O3/c1-4-24(2)13-22(28)26(23(29)14-24)11-7-10-25-15-18-12-19(17-25)27(16-18)20-8-5-6-9-21(20)30-3/h5-6,8-9,18-19H,4,7,10-17H2,1-3H3/t18-,19+/m0/s1. The zero-order valence-electron chi connectivity index (χ0n) is 18.6. The minimum absolute atomic E-state index is 0.0108.